The summed E-state index contributed by atoms with van der Waals surface area (Å²) in [6.45, 7) is 0. The molecule has 38 heavy (non-hydrogen) atoms. The second-order valence-electron chi connectivity index (χ2n) is 6.39. The summed E-state index contributed by atoms with van der Waals surface area (Å²) in [5.41, 5.74) is 0. The van der Waals surface area contributed by atoms with Crippen LogP contribution in [0.4, 0.5) is 87.8 Å². The molecule has 0 rings (SSSR count). The fourth-order valence-electron chi connectivity index (χ4n) is 1.79. The normalized spacial score (nSPS) is 16.3. The second-order valence-corrected chi connectivity index (χ2v) is 8.29. The van der Waals surface area contributed by atoms with Crippen molar-refractivity contribution in [3.8, 4) is 0 Å². The third kappa shape index (κ3) is 5.13. The van der Waals surface area contributed by atoms with Crippen molar-refractivity contribution >= 4 is 27.5 Å². The average molecular weight is 683 g/mol. The van der Waals surface area contributed by atoms with Crippen LogP contribution in [0.1, 0.15) is 0 Å². The molecule has 0 aromatic rings. The third-order valence-corrected chi connectivity index (χ3v) is 5.09. The van der Waals surface area contributed by atoms with E-state index in [2.05, 4.69) is 11.6 Å². The first kappa shape index (κ1) is 40.2. The molecule has 4 nitrogen and oxygen atoms in total. The number of alkyl halides is 21. The van der Waals surface area contributed by atoms with Crippen molar-refractivity contribution in [2.45, 2.75) is 58.0 Å². The van der Waals surface area contributed by atoms with Crippen molar-refractivity contribution in [1.29, 1.82) is 0 Å². The van der Waals surface area contributed by atoms with Crippen LogP contribution in [0.3, 0.4) is 0 Å². The number of carbonyl (C=O) groups excluding carboxylic acids is 1. The Morgan fingerprint density at radius 1 is 0.500 bits per heavy atom. The number of halogens is 21. The van der Waals surface area contributed by atoms with E-state index in [4.69, 9.17) is 0 Å². The van der Waals surface area contributed by atoms with Crippen LogP contribution in [0.15, 0.2) is 0 Å². The molecule has 0 bridgehead atoms. The summed E-state index contributed by atoms with van der Waals surface area (Å²) in [7, 11) is -8.10. The van der Waals surface area contributed by atoms with E-state index in [9.17, 15) is 106 Å². The molecule has 0 heterocycles. The van der Waals surface area contributed by atoms with Crippen LogP contribution in [-0.2, 0) is 14.9 Å². The van der Waals surface area contributed by atoms with Gasteiger partial charge in [-0.05, 0) is 11.6 Å². The Morgan fingerprint density at radius 2 is 0.737 bits per heavy atom. The second kappa shape index (κ2) is 10.1. The zero-order chi connectivity index (χ0) is 31.1. The van der Waals surface area contributed by atoms with E-state index in [0.29, 0.717) is 0 Å². The summed E-state index contributed by atoms with van der Waals surface area (Å²) >= 11 is 3.24. The van der Waals surface area contributed by atoms with E-state index < -0.39 is 73.9 Å². The molecule has 222 valence electrons. The summed E-state index contributed by atoms with van der Waals surface area (Å²) in [6.07, 6.45) is 0. The molecule has 0 aliphatic carbocycles. The van der Waals surface area contributed by atoms with Gasteiger partial charge in [0.1, 0.15) is 0 Å². The van der Waals surface area contributed by atoms with Crippen LogP contribution in [-0.4, -0.2) is 76.8 Å². The Labute approximate surface area is 241 Å². The quantitative estimate of drug-likeness (QED) is 0.146. The van der Waals surface area contributed by atoms with Crippen molar-refractivity contribution in [2.75, 3.05) is 0 Å². The first-order valence-corrected chi connectivity index (χ1v) is 9.16. The first-order chi connectivity index (χ1) is 15.4. The Bertz CT molecular complexity index is 1020. The maximum atomic E-state index is 13.4. The Hall–Kier alpha value is 0.106. The number of ketones is 1. The van der Waals surface area contributed by atoms with Gasteiger partial charge in [0.2, 0.25) is 0 Å². The molecule has 0 amide bonds. The third-order valence-electron chi connectivity index (χ3n) is 3.97. The van der Waals surface area contributed by atoms with Gasteiger partial charge in [0.05, 0.1) is 0 Å². The van der Waals surface area contributed by atoms with Crippen LogP contribution >= 0.6 is 11.6 Å². The summed E-state index contributed by atoms with van der Waals surface area (Å²) in [5, 5.41) is -14.9. The standard InChI is InChI=1S/C11HClF20O4S.K/c12-10(29,30)9(27,28)8(25,26)7(23,24)6(21,22)5(19,20)4(17,18)2(13,14)1(33)3(15,16)11(31,32)37(34,35)36;/h(H,34,35,36);/q;+1/p-1. The molecule has 0 atom stereocenters. The number of Topliss-reactive ketones (excluding diaryl/α,β-unsaturated/α-hetero) is 1. The fourth-order valence-corrected chi connectivity index (χ4v) is 2.32. The summed E-state index contributed by atoms with van der Waals surface area (Å²) in [4.78, 5) is 10.7. The smallest absolute Gasteiger partial charge is 0.743 e. The number of hydrogen-bond acceptors (Lipinski definition) is 4. The van der Waals surface area contributed by atoms with Crippen molar-refractivity contribution in [3.05, 3.63) is 0 Å². The molecule has 0 fully saturated rings. The molecule has 0 aliphatic heterocycles. The average Bonchev–Trinajstić information content (AvgIpc) is 2.64. The predicted octanol–water partition coefficient (Wildman–Crippen LogP) is 2.61. The van der Waals surface area contributed by atoms with E-state index in [1.54, 1.807) is 0 Å². The molecular weight excluding hydrogens is 683 g/mol. The molecule has 0 saturated carbocycles. The zero-order valence-corrected chi connectivity index (χ0v) is 21.2. The maximum absolute atomic E-state index is 13.4. The minimum Gasteiger partial charge on any atom is -0.743 e. The van der Waals surface area contributed by atoms with E-state index in [-0.39, 0.29) is 51.4 Å². The van der Waals surface area contributed by atoms with Crippen LogP contribution in [0, 0.1) is 0 Å². The van der Waals surface area contributed by atoms with Crippen molar-refractivity contribution < 1.29 is 157 Å². The Morgan fingerprint density at radius 3 is 0.974 bits per heavy atom. The molecule has 0 aliphatic rings. The van der Waals surface area contributed by atoms with Crippen molar-refractivity contribution in [3.63, 3.8) is 0 Å². The maximum Gasteiger partial charge on any atom is 1.00 e. The van der Waals surface area contributed by atoms with E-state index >= 15 is 0 Å². The van der Waals surface area contributed by atoms with Gasteiger partial charge in [-0.3, -0.25) is 4.79 Å². The van der Waals surface area contributed by atoms with Crippen molar-refractivity contribution in [2.24, 2.45) is 0 Å². The molecule has 0 radical (unpaired) electrons. The SMILES string of the molecule is O=C(C(F)(F)C(F)(F)C(F)(F)C(F)(F)C(F)(F)C(F)(F)C(F)(F)C(F)(F)Cl)C(F)(F)C(F)(F)S(=O)(=O)[O-].[K+]. The number of carbonyl (C=O) groups is 1. The van der Waals surface area contributed by atoms with Gasteiger partial charge >= 0.3 is 109 Å². The number of rotatable bonds is 11. The molecule has 27 heteroatoms. The monoisotopic (exact) mass is 682 g/mol. The summed E-state index contributed by atoms with van der Waals surface area (Å²) in [5.74, 6) is -76.1. The van der Waals surface area contributed by atoms with Gasteiger partial charge < -0.3 is 4.55 Å². The predicted molar refractivity (Wildman–Crippen MR) is 70.0 cm³/mol. The summed E-state index contributed by atoms with van der Waals surface area (Å²) < 4.78 is 292. The Balaban J connectivity index is 0. The van der Waals surface area contributed by atoms with Crippen LogP contribution in [0.5, 0.6) is 0 Å². The zero-order valence-electron chi connectivity index (χ0n) is 16.5. The van der Waals surface area contributed by atoms with Crippen LogP contribution in [0.25, 0.3) is 0 Å². The molecule has 0 N–H and O–H groups in total. The van der Waals surface area contributed by atoms with Crippen molar-refractivity contribution in [1.82, 2.24) is 0 Å². The Kier molecular flexibility index (Phi) is 10.7. The molecule has 0 aromatic heterocycles. The van der Waals surface area contributed by atoms with Gasteiger partial charge in [-0.2, -0.15) is 87.8 Å². The van der Waals surface area contributed by atoms with Crippen LogP contribution < -0.4 is 51.4 Å². The minimum absolute atomic E-state index is 0. The molecule has 0 spiro atoms. The van der Waals surface area contributed by atoms with Gasteiger partial charge in [-0.1, -0.05) is 0 Å². The topological polar surface area (TPSA) is 74.3 Å². The van der Waals surface area contributed by atoms with E-state index in [1.807, 2.05) is 0 Å². The van der Waals surface area contributed by atoms with E-state index in [1.165, 1.54) is 0 Å². The molecular formula is C11ClF20KO4S. The van der Waals surface area contributed by atoms with Gasteiger partial charge in [0.15, 0.2) is 10.1 Å². The molecule has 0 saturated heterocycles. The largest absolute Gasteiger partial charge is 1.00 e. The van der Waals surface area contributed by atoms with Gasteiger partial charge in [-0.25, -0.2) is 8.42 Å². The first-order valence-electron chi connectivity index (χ1n) is 7.38. The van der Waals surface area contributed by atoms with Gasteiger partial charge in [0, 0.05) is 0 Å². The van der Waals surface area contributed by atoms with Gasteiger partial charge in [-0.15, -0.1) is 0 Å². The van der Waals surface area contributed by atoms with Crippen LogP contribution in [0.2, 0.25) is 0 Å². The summed E-state index contributed by atoms with van der Waals surface area (Å²) in [6, 6.07) is 0. The number of hydrogen-bond donors (Lipinski definition) is 0. The van der Waals surface area contributed by atoms with E-state index in [0.717, 1.165) is 0 Å². The van der Waals surface area contributed by atoms with Gasteiger partial charge in [0.25, 0.3) is 5.78 Å². The molecule has 0 unspecified atom stereocenters. The molecule has 0 aromatic carbocycles. The fraction of sp³-hybridized carbons (Fsp3) is 0.909. The minimum atomic E-state index is -9.23.